The maximum Gasteiger partial charge on any atom is 0.308 e. The molecule has 1 fully saturated rings. The molecule has 104 valence electrons. The summed E-state index contributed by atoms with van der Waals surface area (Å²) in [5.74, 6) is -1.34. The summed E-state index contributed by atoms with van der Waals surface area (Å²) < 4.78 is 6.37. The molecule has 0 radical (unpaired) electrons. The lowest BCUT2D eigenvalue weighted by Gasteiger charge is -2.13. The summed E-state index contributed by atoms with van der Waals surface area (Å²) in [6, 6.07) is 7.27. The summed E-state index contributed by atoms with van der Waals surface area (Å²) in [6.45, 7) is 0.695. The number of carboxylic acids is 1. The average molecular weight is 338 g/mol. The van der Waals surface area contributed by atoms with Crippen LogP contribution in [0.5, 0.6) is 0 Å². The van der Waals surface area contributed by atoms with Crippen molar-refractivity contribution in [2.45, 2.75) is 6.42 Å². The quantitative estimate of drug-likeness (QED) is 0.914. The lowest BCUT2D eigenvalue weighted by Crippen LogP contribution is -2.29. The van der Waals surface area contributed by atoms with Crippen molar-refractivity contribution in [3.8, 4) is 0 Å². The van der Waals surface area contributed by atoms with Crippen LogP contribution >= 0.6 is 15.9 Å². The van der Waals surface area contributed by atoms with E-state index in [-0.39, 0.29) is 18.2 Å². The minimum atomic E-state index is -0.854. The number of fused-ring (bicyclic) bond motifs is 1. The molecule has 3 rings (SSSR count). The van der Waals surface area contributed by atoms with Gasteiger partial charge in [0.05, 0.1) is 10.4 Å². The Morgan fingerprint density at radius 3 is 2.85 bits per heavy atom. The molecule has 6 heteroatoms. The maximum atomic E-state index is 12.3. The largest absolute Gasteiger partial charge is 0.481 e. The van der Waals surface area contributed by atoms with Crippen molar-refractivity contribution in [3.05, 3.63) is 34.5 Å². The first kappa shape index (κ1) is 13.2. The van der Waals surface area contributed by atoms with Gasteiger partial charge in [0.25, 0.3) is 5.91 Å². The highest BCUT2D eigenvalue weighted by molar-refractivity contribution is 9.10. The first-order valence-electron chi connectivity index (χ1n) is 6.26. The molecule has 0 saturated carbocycles. The molecule has 1 aromatic carbocycles. The van der Waals surface area contributed by atoms with E-state index in [1.54, 1.807) is 6.07 Å². The Kier molecular flexibility index (Phi) is 3.25. The predicted molar refractivity (Wildman–Crippen MR) is 75.6 cm³/mol. The van der Waals surface area contributed by atoms with E-state index in [9.17, 15) is 9.59 Å². The second-order valence-corrected chi connectivity index (χ2v) is 5.70. The molecule has 0 bridgehead atoms. The monoisotopic (exact) mass is 337 g/mol. The number of amides is 1. The molecule has 1 amide bonds. The Morgan fingerprint density at radius 2 is 2.20 bits per heavy atom. The number of rotatable bonds is 2. The number of hydrogen-bond acceptors (Lipinski definition) is 3. The summed E-state index contributed by atoms with van der Waals surface area (Å²) >= 11 is 3.38. The molecule has 0 aliphatic carbocycles. The molecule has 1 atom stereocenters. The third-order valence-corrected chi connectivity index (χ3v) is 4.16. The van der Waals surface area contributed by atoms with Crippen molar-refractivity contribution in [2.24, 2.45) is 5.92 Å². The Balaban J connectivity index is 1.86. The summed E-state index contributed by atoms with van der Waals surface area (Å²) in [5.41, 5.74) is 0.629. The Bertz CT molecular complexity index is 694. The van der Waals surface area contributed by atoms with Gasteiger partial charge < -0.3 is 14.4 Å². The molecular formula is C14H12BrNO4. The van der Waals surface area contributed by atoms with Crippen molar-refractivity contribution < 1.29 is 19.1 Å². The van der Waals surface area contributed by atoms with Gasteiger partial charge in [0.2, 0.25) is 0 Å². The minimum Gasteiger partial charge on any atom is -0.481 e. The van der Waals surface area contributed by atoms with Crippen LogP contribution in [0, 0.1) is 5.92 Å². The molecule has 1 unspecified atom stereocenters. The Hall–Kier alpha value is -1.82. The van der Waals surface area contributed by atoms with E-state index in [4.69, 9.17) is 9.52 Å². The predicted octanol–water partition coefficient (Wildman–Crippen LogP) is 2.74. The van der Waals surface area contributed by atoms with E-state index in [0.29, 0.717) is 18.5 Å². The number of carboxylic acid groups (broad SMARTS) is 1. The molecule has 20 heavy (non-hydrogen) atoms. The molecule has 0 spiro atoms. The second kappa shape index (κ2) is 4.94. The molecular weight excluding hydrogens is 326 g/mol. The molecule has 5 nitrogen and oxygen atoms in total. The average Bonchev–Trinajstić information content (AvgIpc) is 3.05. The molecule has 2 aromatic rings. The van der Waals surface area contributed by atoms with Gasteiger partial charge >= 0.3 is 5.97 Å². The maximum absolute atomic E-state index is 12.3. The Morgan fingerprint density at radius 1 is 1.40 bits per heavy atom. The highest BCUT2D eigenvalue weighted by Gasteiger charge is 2.32. The number of hydrogen-bond donors (Lipinski definition) is 1. The smallest absolute Gasteiger partial charge is 0.308 e. The van der Waals surface area contributed by atoms with Crippen molar-refractivity contribution in [1.82, 2.24) is 4.90 Å². The van der Waals surface area contributed by atoms with Gasteiger partial charge in [0.1, 0.15) is 5.58 Å². The number of carbonyl (C=O) groups excluding carboxylic acids is 1. The number of aliphatic carboxylic acids is 1. The molecule has 1 saturated heterocycles. The molecule has 1 N–H and O–H groups in total. The van der Waals surface area contributed by atoms with Gasteiger partial charge in [-0.3, -0.25) is 9.59 Å². The van der Waals surface area contributed by atoms with Gasteiger partial charge in [0, 0.05) is 18.5 Å². The van der Waals surface area contributed by atoms with E-state index in [1.165, 1.54) is 4.90 Å². The van der Waals surface area contributed by atoms with Gasteiger partial charge in [0.15, 0.2) is 5.76 Å². The van der Waals surface area contributed by atoms with E-state index < -0.39 is 11.9 Å². The fourth-order valence-electron chi connectivity index (χ4n) is 2.44. The number of carbonyl (C=O) groups is 2. The highest BCUT2D eigenvalue weighted by Crippen LogP contribution is 2.28. The van der Waals surface area contributed by atoms with Crippen LogP contribution in [0.25, 0.3) is 11.0 Å². The minimum absolute atomic E-state index is 0.242. The van der Waals surface area contributed by atoms with Gasteiger partial charge in [-0.2, -0.15) is 0 Å². The number of para-hydroxylation sites is 1. The van der Waals surface area contributed by atoms with Crippen molar-refractivity contribution >= 4 is 38.8 Å². The SMILES string of the molecule is O=C(O)C1CCN(C(=O)c2cc3cccc(Br)c3o2)C1. The van der Waals surface area contributed by atoms with E-state index >= 15 is 0 Å². The summed E-state index contributed by atoms with van der Waals surface area (Å²) in [4.78, 5) is 24.8. The number of furan rings is 1. The van der Waals surface area contributed by atoms with Crippen molar-refractivity contribution in [1.29, 1.82) is 0 Å². The van der Waals surface area contributed by atoms with Crippen LogP contribution in [0.15, 0.2) is 33.2 Å². The fourth-order valence-corrected chi connectivity index (χ4v) is 2.90. The van der Waals surface area contributed by atoms with Crippen molar-refractivity contribution in [3.63, 3.8) is 0 Å². The van der Waals surface area contributed by atoms with Gasteiger partial charge in [-0.25, -0.2) is 0 Å². The third-order valence-electron chi connectivity index (χ3n) is 3.53. The van der Waals surface area contributed by atoms with E-state index in [2.05, 4.69) is 15.9 Å². The molecule has 1 aromatic heterocycles. The zero-order valence-corrected chi connectivity index (χ0v) is 12.1. The van der Waals surface area contributed by atoms with E-state index in [1.807, 2.05) is 18.2 Å². The first-order chi connectivity index (χ1) is 9.56. The van der Waals surface area contributed by atoms with Crippen LogP contribution in [0.2, 0.25) is 0 Å². The van der Waals surface area contributed by atoms with Crippen LogP contribution in [0.1, 0.15) is 17.0 Å². The number of halogens is 1. The topological polar surface area (TPSA) is 70.8 Å². The number of likely N-dealkylation sites (tertiary alicyclic amines) is 1. The van der Waals surface area contributed by atoms with Crippen LogP contribution in [-0.4, -0.2) is 35.0 Å². The number of nitrogens with zero attached hydrogens (tertiary/aromatic N) is 1. The lowest BCUT2D eigenvalue weighted by atomic mass is 10.1. The van der Waals surface area contributed by atoms with Gasteiger partial charge in [-0.05, 0) is 34.5 Å². The summed E-state index contributed by atoms with van der Waals surface area (Å²) in [5, 5.41) is 9.81. The van der Waals surface area contributed by atoms with E-state index in [0.717, 1.165) is 9.86 Å². The zero-order chi connectivity index (χ0) is 14.3. The third kappa shape index (κ3) is 2.20. The first-order valence-corrected chi connectivity index (χ1v) is 7.05. The van der Waals surface area contributed by atoms with Crippen LogP contribution < -0.4 is 0 Å². The molecule has 1 aliphatic rings. The summed E-state index contributed by atoms with van der Waals surface area (Å²) in [7, 11) is 0. The number of benzene rings is 1. The zero-order valence-electron chi connectivity index (χ0n) is 10.5. The van der Waals surface area contributed by atoms with Gasteiger partial charge in [-0.15, -0.1) is 0 Å². The van der Waals surface area contributed by atoms with Gasteiger partial charge in [-0.1, -0.05) is 12.1 Å². The lowest BCUT2D eigenvalue weighted by molar-refractivity contribution is -0.141. The fraction of sp³-hybridized carbons (Fsp3) is 0.286. The summed E-state index contributed by atoms with van der Waals surface area (Å²) in [6.07, 6.45) is 0.491. The normalized spacial score (nSPS) is 18.6. The van der Waals surface area contributed by atoms with Crippen molar-refractivity contribution in [2.75, 3.05) is 13.1 Å². The Labute approximate surface area is 123 Å². The molecule has 2 heterocycles. The van der Waals surface area contributed by atoms with Crippen LogP contribution in [-0.2, 0) is 4.79 Å². The van der Waals surface area contributed by atoms with Crippen LogP contribution in [0.3, 0.4) is 0 Å². The highest BCUT2D eigenvalue weighted by atomic mass is 79.9. The molecule has 1 aliphatic heterocycles. The van der Waals surface area contributed by atoms with Crippen LogP contribution in [0.4, 0.5) is 0 Å². The second-order valence-electron chi connectivity index (χ2n) is 4.84. The standard InChI is InChI=1S/C14H12BrNO4/c15-10-3-1-2-8-6-11(20-12(8)10)13(17)16-5-4-9(7-16)14(18)19/h1-3,6,9H,4-5,7H2,(H,18,19).